The first kappa shape index (κ1) is 12.9. The Morgan fingerprint density at radius 3 is 2.94 bits per heavy atom. The zero-order chi connectivity index (χ0) is 12.4. The molecule has 0 saturated carbocycles. The smallest absolute Gasteiger partial charge is 0.255 e. The molecular weight excluding hydrogens is 305 g/mol. The molecule has 1 aromatic carbocycles. The van der Waals surface area contributed by atoms with Crippen LogP contribution in [-0.4, -0.2) is 35.6 Å². The van der Waals surface area contributed by atoms with E-state index in [0.717, 1.165) is 10.9 Å². The zero-order valence-electron chi connectivity index (χ0n) is 9.20. The first-order valence-electron chi connectivity index (χ1n) is 5.47. The van der Waals surface area contributed by atoms with Crippen molar-refractivity contribution in [2.75, 3.05) is 19.7 Å². The van der Waals surface area contributed by atoms with Crippen molar-refractivity contribution in [1.82, 2.24) is 4.90 Å². The van der Waals surface area contributed by atoms with Crippen LogP contribution in [0.5, 0.6) is 0 Å². The van der Waals surface area contributed by atoms with Gasteiger partial charge in [-0.05, 0) is 24.6 Å². The molecular formula is C12H13BrClNO2. The number of carbonyl (C=O) groups excluding carboxylic acids is 1. The number of rotatable bonds is 2. The maximum Gasteiger partial charge on any atom is 0.255 e. The molecule has 1 N–H and O–H groups in total. The molecule has 0 spiro atoms. The summed E-state index contributed by atoms with van der Waals surface area (Å²) < 4.78 is 0.855. The fraction of sp³-hybridized carbons (Fsp3) is 0.417. The van der Waals surface area contributed by atoms with E-state index in [4.69, 9.17) is 16.7 Å². The molecule has 92 valence electrons. The molecule has 1 saturated heterocycles. The maximum absolute atomic E-state index is 12.2. The lowest BCUT2D eigenvalue weighted by atomic mass is 10.1. The molecule has 1 amide bonds. The largest absolute Gasteiger partial charge is 0.396 e. The minimum absolute atomic E-state index is 0.0570. The van der Waals surface area contributed by atoms with E-state index in [2.05, 4.69) is 15.9 Å². The molecule has 0 radical (unpaired) electrons. The number of aliphatic hydroxyl groups excluding tert-OH is 1. The summed E-state index contributed by atoms with van der Waals surface area (Å²) in [5.41, 5.74) is 0.522. The summed E-state index contributed by atoms with van der Waals surface area (Å²) in [6.45, 7) is 1.44. The summed E-state index contributed by atoms with van der Waals surface area (Å²) in [4.78, 5) is 13.9. The summed E-state index contributed by atoms with van der Waals surface area (Å²) in [6, 6.07) is 5.24. The molecule has 2 rings (SSSR count). The van der Waals surface area contributed by atoms with Crippen LogP contribution in [0.1, 0.15) is 16.8 Å². The van der Waals surface area contributed by atoms with Crippen LogP contribution >= 0.6 is 27.5 Å². The van der Waals surface area contributed by atoms with Crippen LogP contribution in [-0.2, 0) is 0 Å². The molecule has 1 atom stereocenters. The topological polar surface area (TPSA) is 40.5 Å². The Bertz CT molecular complexity index is 439. The van der Waals surface area contributed by atoms with E-state index in [1.165, 1.54) is 0 Å². The Balaban J connectivity index is 2.15. The first-order valence-corrected chi connectivity index (χ1v) is 6.64. The van der Waals surface area contributed by atoms with Crippen molar-refractivity contribution < 1.29 is 9.90 Å². The predicted molar refractivity (Wildman–Crippen MR) is 70.2 cm³/mol. The van der Waals surface area contributed by atoms with E-state index in [-0.39, 0.29) is 18.4 Å². The van der Waals surface area contributed by atoms with Crippen molar-refractivity contribution in [3.05, 3.63) is 33.3 Å². The van der Waals surface area contributed by atoms with Crippen LogP contribution in [0.4, 0.5) is 0 Å². The number of hydrogen-bond acceptors (Lipinski definition) is 2. The minimum Gasteiger partial charge on any atom is -0.396 e. The molecule has 0 aromatic heterocycles. The highest BCUT2D eigenvalue weighted by molar-refractivity contribution is 9.10. The second kappa shape index (κ2) is 5.38. The Morgan fingerprint density at radius 2 is 2.35 bits per heavy atom. The van der Waals surface area contributed by atoms with E-state index in [1.807, 2.05) is 0 Å². The number of hydrogen-bond donors (Lipinski definition) is 1. The summed E-state index contributed by atoms with van der Waals surface area (Å²) in [6.07, 6.45) is 0.858. The quantitative estimate of drug-likeness (QED) is 0.910. The third-order valence-corrected chi connectivity index (χ3v) is 3.80. The maximum atomic E-state index is 12.2. The molecule has 1 aromatic rings. The van der Waals surface area contributed by atoms with Crippen LogP contribution in [0.15, 0.2) is 22.7 Å². The number of carbonyl (C=O) groups is 1. The normalized spacial score (nSPS) is 19.7. The van der Waals surface area contributed by atoms with Gasteiger partial charge >= 0.3 is 0 Å². The van der Waals surface area contributed by atoms with Crippen molar-refractivity contribution in [3.63, 3.8) is 0 Å². The highest BCUT2D eigenvalue weighted by Gasteiger charge is 2.27. The monoisotopic (exact) mass is 317 g/mol. The second-order valence-corrected chi connectivity index (χ2v) is 5.54. The van der Waals surface area contributed by atoms with E-state index in [1.54, 1.807) is 23.1 Å². The zero-order valence-corrected chi connectivity index (χ0v) is 11.5. The van der Waals surface area contributed by atoms with E-state index in [9.17, 15) is 4.79 Å². The third kappa shape index (κ3) is 2.81. The summed E-state index contributed by atoms with van der Waals surface area (Å²) >= 11 is 9.35. The lowest BCUT2D eigenvalue weighted by Gasteiger charge is -2.17. The SMILES string of the molecule is O=C(c1ccc(Br)cc1Cl)N1CCC(CO)C1. The van der Waals surface area contributed by atoms with Gasteiger partial charge in [-0.3, -0.25) is 4.79 Å². The average Bonchev–Trinajstić information content (AvgIpc) is 2.76. The number of nitrogens with zero attached hydrogens (tertiary/aromatic N) is 1. The molecule has 5 heteroatoms. The summed E-state index contributed by atoms with van der Waals surface area (Å²) in [5, 5.41) is 9.51. The van der Waals surface area contributed by atoms with Crippen molar-refractivity contribution in [2.45, 2.75) is 6.42 Å². The highest BCUT2D eigenvalue weighted by Crippen LogP contribution is 2.25. The van der Waals surface area contributed by atoms with Crippen molar-refractivity contribution >= 4 is 33.4 Å². The lowest BCUT2D eigenvalue weighted by molar-refractivity contribution is 0.0782. The van der Waals surface area contributed by atoms with Gasteiger partial charge < -0.3 is 10.0 Å². The van der Waals surface area contributed by atoms with Crippen LogP contribution in [0, 0.1) is 5.92 Å². The summed E-state index contributed by atoms with van der Waals surface area (Å²) in [7, 11) is 0. The van der Waals surface area contributed by atoms with Crippen molar-refractivity contribution in [3.8, 4) is 0 Å². The fourth-order valence-corrected chi connectivity index (χ4v) is 2.75. The number of aliphatic hydroxyl groups is 1. The molecule has 0 bridgehead atoms. The van der Waals surface area contributed by atoms with Crippen LogP contribution in [0.25, 0.3) is 0 Å². The Labute approximate surface area is 114 Å². The highest BCUT2D eigenvalue weighted by atomic mass is 79.9. The molecule has 3 nitrogen and oxygen atoms in total. The van der Waals surface area contributed by atoms with Gasteiger partial charge in [-0.1, -0.05) is 27.5 Å². The molecule has 1 heterocycles. The standard InChI is InChI=1S/C12H13BrClNO2/c13-9-1-2-10(11(14)5-9)12(17)15-4-3-8(6-15)7-16/h1-2,5,8,16H,3-4,6-7H2. The van der Waals surface area contributed by atoms with E-state index >= 15 is 0 Å². The van der Waals surface area contributed by atoms with Gasteiger partial charge in [0.15, 0.2) is 0 Å². The first-order chi connectivity index (χ1) is 8.11. The van der Waals surface area contributed by atoms with Gasteiger partial charge in [0.05, 0.1) is 10.6 Å². The van der Waals surface area contributed by atoms with Crippen LogP contribution in [0.2, 0.25) is 5.02 Å². The number of likely N-dealkylation sites (tertiary alicyclic amines) is 1. The molecule has 1 unspecified atom stereocenters. The second-order valence-electron chi connectivity index (χ2n) is 4.21. The van der Waals surface area contributed by atoms with Crippen LogP contribution < -0.4 is 0 Å². The Kier molecular flexibility index (Phi) is 4.07. The molecule has 0 aliphatic carbocycles. The number of amides is 1. The van der Waals surface area contributed by atoms with Gasteiger partial charge in [-0.2, -0.15) is 0 Å². The van der Waals surface area contributed by atoms with Gasteiger partial charge in [0.25, 0.3) is 5.91 Å². The van der Waals surface area contributed by atoms with E-state index in [0.29, 0.717) is 23.7 Å². The molecule has 17 heavy (non-hydrogen) atoms. The fourth-order valence-electron chi connectivity index (χ4n) is 2.00. The Morgan fingerprint density at radius 1 is 1.59 bits per heavy atom. The average molecular weight is 319 g/mol. The van der Waals surface area contributed by atoms with Gasteiger partial charge in [-0.25, -0.2) is 0 Å². The van der Waals surface area contributed by atoms with Gasteiger partial charge in [0.2, 0.25) is 0 Å². The van der Waals surface area contributed by atoms with Crippen LogP contribution in [0.3, 0.4) is 0 Å². The van der Waals surface area contributed by atoms with Gasteiger partial charge in [0.1, 0.15) is 0 Å². The summed E-state index contributed by atoms with van der Waals surface area (Å²) in [5.74, 6) is 0.145. The molecule has 1 fully saturated rings. The van der Waals surface area contributed by atoms with Gasteiger partial charge in [0, 0.05) is 30.1 Å². The Hall–Kier alpha value is -0.580. The number of benzene rings is 1. The number of halogens is 2. The molecule has 1 aliphatic heterocycles. The third-order valence-electron chi connectivity index (χ3n) is 2.99. The molecule has 1 aliphatic rings. The van der Waals surface area contributed by atoms with Gasteiger partial charge in [-0.15, -0.1) is 0 Å². The van der Waals surface area contributed by atoms with E-state index < -0.39 is 0 Å². The van der Waals surface area contributed by atoms with Crippen molar-refractivity contribution in [2.24, 2.45) is 5.92 Å². The van der Waals surface area contributed by atoms with Crippen molar-refractivity contribution in [1.29, 1.82) is 0 Å². The lowest BCUT2D eigenvalue weighted by Crippen LogP contribution is -2.29. The predicted octanol–water partition coefficient (Wildman–Crippen LogP) is 2.56. The minimum atomic E-state index is -0.0570.